The van der Waals surface area contributed by atoms with Crippen molar-refractivity contribution in [1.82, 2.24) is 15.3 Å². The molecule has 6 rings (SSSR count). The van der Waals surface area contributed by atoms with E-state index < -0.39 is 0 Å². The lowest BCUT2D eigenvalue weighted by atomic mass is 10.0. The summed E-state index contributed by atoms with van der Waals surface area (Å²) in [6.07, 6.45) is 3.81. The van der Waals surface area contributed by atoms with Gasteiger partial charge in [0.1, 0.15) is 11.3 Å². The number of fused-ring (bicyclic) bond motifs is 1. The van der Waals surface area contributed by atoms with Gasteiger partial charge in [-0.15, -0.1) is 0 Å². The minimum Gasteiger partial charge on any atom is -0.455 e. The first-order valence-corrected chi connectivity index (χ1v) is 13.4. The van der Waals surface area contributed by atoms with Crippen LogP contribution in [0.15, 0.2) is 42.6 Å². The number of rotatable bonds is 7. The van der Waals surface area contributed by atoms with E-state index in [9.17, 15) is 9.59 Å². The maximum Gasteiger partial charge on any atom is 0.268 e. The normalized spacial score (nSPS) is 17.2. The molecular formula is C27H26Cl2N6O3. The van der Waals surface area contributed by atoms with Crippen LogP contribution in [-0.2, 0) is 11.2 Å². The second-order valence-corrected chi connectivity index (χ2v) is 10.4. The average Bonchev–Trinajstić information content (AvgIpc) is 3.76. The quantitative estimate of drug-likeness (QED) is 0.443. The fourth-order valence-electron chi connectivity index (χ4n) is 4.81. The molecule has 1 amide bonds. The van der Waals surface area contributed by atoms with Crippen molar-refractivity contribution in [2.45, 2.75) is 19.3 Å². The van der Waals surface area contributed by atoms with E-state index >= 15 is 0 Å². The number of aromatic nitrogens is 2. The van der Waals surface area contributed by atoms with Crippen LogP contribution in [0.2, 0.25) is 10.0 Å². The van der Waals surface area contributed by atoms with Crippen molar-refractivity contribution in [3.63, 3.8) is 0 Å². The summed E-state index contributed by atoms with van der Waals surface area (Å²) in [5.41, 5.74) is 3.43. The lowest BCUT2D eigenvalue weighted by Crippen LogP contribution is -2.44. The molecule has 1 aliphatic carbocycles. The van der Waals surface area contributed by atoms with Crippen molar-refractivity contribution in [2.24, 2.45) is 5.92 Å². The minimum atomic E-state index is -0.353. The van der Waals surface area contributed by atoms with Gasteiger partial charge in [0.25, 0.3) is 5.91 Å². The van der Waals surface area contributed by atoms with Crippen LogP contribution in [0.5, 0.6) is 5.88 Å². The first kappa shape index (κ1) is 24.9. The SMILES string of the molecule is O=C(Cc1cc(Nc2ncc3c(n2)OCN(c2c(Cl)cccc2Cl)C3=O)ccc1N1CCNCC1)C1CC1. The molecule has 1 saturated carbocycles. The summed E-state index contributed by atoms with van der Waals surface area (Å²) in [6, 6.07) is 11.0. The second-order valence-electron chi connectivity index (χ2n) is 9.61. The Kier molecular flexibility index (Phi) is 6.82. The summed E-state index contributed by atoms with van der Waals surface area (Å²) >= 11 is 12.6. The summed E-state index contributed by atoms with van der Waals surface area (Å²) in [5, 5.41) is 7.27. The molecule has 2 fully saturated rings. The van der Waals surface area contributed by atoms with Crippen molar-refractivity contribution in [3.8, 4) is 5.88 Å². The number of nitrogens with zero attached hydrogens (tertiary/aromatic N) is 4. The zero-order valence-electron chi connectivity index (χ0n) is 20.5. The van der Waals surface area contributed by atoms with Gasteiger partial charge < -0.3 is 20.3 Å². The van der Waals surface area contributed by atoms with Crippen LogP contribution in [0, 0.1) is 5.92 Å². The van der Waals surface area contributed by atoms with E-state index in [0.717, 1.165) is 56.0 Å². The molecule has 0 radical (unpaired) electrons. The van der Waals surface area contributed by atoms with Crippen molar-refractivity contribution < 1.29 is 14.3 Å². The molecule has 196 valence electrons. The highest BCUT2D eigenvalue weighted by atomic mass is 35.5. The third kappa shape index (κ3) is 5.01. The number of ether oxygens (including phenoxy) is 1. The van der Waals surface area contributed by atoms with Crippen LogP contribution in [0.25, 0.3) is 0 Å². The van der Waals surface area contributed by atoms with Gasteiger partial charge in [-0.3, -0.25) is 14.5 Å². The topological polar surface area (TPSA) is 99.7 Å². The number of Topliss-reactive ketones (excluding diaryl/α,β-unsaturated/α-hetero) is 1. The number of carbonyl (C=O) groups excluding carboxylic acids is 2. The molecule has 3 aliphatic rings. The monoisotopic (exact) mass is 552 g/mol. The highest BCUT2D eigenvalue weighted by Crippen LogP contribution is 2.37. The summed E-state index contributed by atoms with van der Waals surface area (Å²) in [5.74, 6) is 0.595. The molecule has 2 N–H and O–H groups in total. The fourth-order valence-corrected chi connectivity index (χ4v) is 5.41. The Morgan fingerprint density at radius 3 is 2.63 bits per heavy atom. The minimum absolute atomic E-state index is 0.0848. The molecule has 0 unspecified atom stereocenters. The number of nitrogens with one attached hydrogen (secondary N) is 2. The van der Waals surface area contributed by atoms with Crippen molar-refractivity contribution in [3.05, 3.63) is 63.8 Å². The number of benzene rings is 2. The van der Waals surface area contributed by atoms with Gasteiger partial charge in [-0.05, 0) is 48.7 Å². The third-order valence-corrected chi connectivity index (χ3v) is 7.57. The van der Waals surface area contributed by atoms with Gasteiger partial charge in [0.2, 0.25) is 11.8 Å². The number of amides is 1. The average molecular weight is 553 g/mol. The van der Waals surface area contributed by atoms with Gasteiger partial charge in [-0.1, -0.05) is 29.3 Å². The standard InChI is InChI=1S/C27H26Cl2N6O3/c28-20-2-1-3-21(29)24(20)35-15-38-25-19(26(35)37)14-31-27(33-25)32-18-6-7-22(34-10-8-30-9-11-34)17(12-18)13-23(36)16-4-5-16/h1-3,6-7,12,14,16,30H,4-5,8-11,13,15H2,(H,31,32,33). The van der Waals surface area contributed by atoms with E-state index in [1.54, 1.807) is 18.2 Å². The van der Waals surface area contributed by atoms with Crippen molar-refractivity contribution in [2.75, 3.05) is 48.0 Å². The zero-order valence-corrected chi connectivity index (χ0v) is 22.1. The molecular weight excluding hydrogens is 527 g/mol. The Hall–Kier alpha value is -3.40. The van der Waals surface area contributed by atoms with Crippen LogP contribution >= 0.6 is 23.2 Å². The Morgan fingerprint density at radius 1 is 1.13 bits per heavy atom. The molecule has 38 heavy (non-hydrogen) atoms. The van der Waals surface area contributed by atoms with E-state index in [0.29, 0.717) is 27.9 Å². The van der Waals surface area contributed by atoms with Crippen LogP contribution in [0.4, 0.5) is 23.0 Å². The number of hydrogen-bond acceptors (Lipinski definition) is 8. The number of ketones is 1. The predicted octanol–water partition coefficient (Wildman–Crippen LogP) is 4.45. The highest BCUT2D eigenvalue weighted by molar-refractivity contribution is 6.40. The Bertz CT molecular complexity index is 1390. The van der Waals surface area contributed by atoms with Crippen LogP contribution < -0.4 is 25.2 Å². The molecule has 1 aromatic heterocycles. The van der Waals surface area contributed by atoms with E-state index in [2.05, 4.69) is 25.5 Å². The third-order valence-electron chi connectivity index (χ3n) is 6.96. The van der Waals surface area contributed by atoms with Gasteiger partial charge in [0.05, 0.1) is 15.7 Å². The van der Waals surface area contributed by atoms with Gasteiger partial charge in [-0.2, -0.15) is 4.98 Å². The fraction of sp³-hybridized carbons (Fsp3) is 0.333. The maximum absolute atomic E-state index is 13.2. The summed E-state index contributed by atoms with van der Waals surface area (Å²) in [6.45, 7) is 3.54. The van der Waals surface area contributed by atoms with Gasteiger partial charge >= 0.3 is 0 Å². The molecule has 2 aliphatic heterocycles. The molecule has 0 bridgehead atoms. The number of halogens is 2. The second kappa shape index (κ2) is 10.4. The molecule has 0 spiro atoms. The molecule has 3 aromatic rings. The Morgan fingerprint density at radius 2 is 1.89 bits per heavy atom. The summed E-state index contributed by atoms with van der Waals surface area (Å²) in [7, 11) is 0. The number of piperazine rings is 1. The maximum atomic E-state index is 13.2. The lowest BCUT2D eigenvalue weighted by Gasteiger charge is -2.31. The van der Waals surface area contributed by atoms with Crippen LogP contribution in [-0.4, -0.2) is 54.6 Å². The van der Waals surface area contributed by atoms with Gasteiger partial charge in [0.15, 0.2) is 6.73 Å². The zero-order chi connectivity index (χ0) is 26.2. The van der Waals surface area contributed by atoms with Gasteiger partial charge in [0, 0.05) is 56.1 Å². The summed E-state index contributed by atoms with van der Waals surface area (Å²) < 4.78 is 5.80. The number of carbonyl (C=O) groups is 2. The molecule has 11 heteroatoms. The lowest BCUT2D eigenvalue weighted by molar-refractivity contribution is -0.119. The predicted molar refractivity (Wildman–Crippen MR) is 147 cm³/mol. The van der Waals surface area contributed by atoms with E-state index in [1.807, 2.05) is 18.2 Å². The Labute approximate surface area is 230 Å². The van der Waals surface area contributed by atoms with Crippen molar-refractivity contribution >= 4 is 57.9 Å². The van der Waals surface area contributed by atoms with Gasteiger partial charge in [-0.25, -0.2) is 4.98 Å². The molecule has 3 heterocycles. The number of para-hydroxylation sites is 1. The number of hydrogen-bond donors (Lipinski definition) is 2. The smallest absolute Gasteiger partial charge is 0.268 e. The van der Waals surface area contributed by atoms with E-state index in [-0.39, 0.29) is 35.9 Å². The molecule has 0 atom stereocenters. The van der Waals surface area contributed by atoms with Crippen LogP contribution in [0.3, 0.4) is 0 Å². The summed E-state index contributed by atoms with van der Waals surface area (Å²) in [4.78, 5) is 38.3. The molecule has 9 nitrogen and oxygen atoms in total. The van der Waals surface area contributed by atoms with E-state index in [4.69, 9.17) is 27.9 Å². The Balaban J connectivity index is 1.24. The van der Waals surface area contributed by atoms with E-state index in [1.165, 1.54) is 11.1 Å². The van der Waals surface area contributed by atoms with Crippen LogP contribution in [0.1, 0.15) is 28.8 Å². The molecule has 2 aromatic carbocycles. The van der Waals surface area contributed by atoms with Crippen molar-refractivity contribution in [1.29, 1.82) is 0 Å². The molecule has 1 saturated heterocycles. The first-order valence-electron chi connectivity index (χ1n) is 12.6. The first-order chi connectivity index (χ1) is 18.5. The number of anilines is 4. The highest BCUT2D eigenvalue weighted by Gasteiger charge is 2.32. The largest absolute Gasteiger partial charge is 0.455 e.